The maximum absolute atomic E-state index is 13.4. The summed E-state index contributed by atoms with van der Waals surface area (Å²) in [5.74, 6) is 0.242. The Hall–Kier alpha value is -4.39. The van der Waals surface area contributed by atoms with Crippen molar-refractivity contribution in [3.63, 3.8) is 0 Å². The molecule has 0 spiro atoms. The van der Waals surface area contributed by atoms with Gasteiger partial charge in [-0.15, -0.1) is 0 Å². The van der Waals surface area contributed by atoms with Gasteiger partial charge in [-0.25, -0.2) is 0 Å². The van der Waals surface area contributed by atoms with E-state index in [1.165, 1.54) is 6.26 Å². The average molecular weight is 453 g/mol. The molecule has 1 N–H and O–H groups in total. The van der Waals surface area contributed by atoms with Gasteiger partial charge in [0.1, 0.15) is 18.4 Å². The van der Waals surface area contributed by atoms with E-state index in [1.54, 1.807) is 35.4 Å². The molecule has 7 heteroatoms. The van der Waals surface area contributed by atoms with Gasteiger partial charge in [0.15, 0.2) is 5.76 Å². The third-order valence-corrected chi connectivity index (χ3v) is 5.76. The van der Waals surface area contributed by atoms with Crippen LogP contribution in [0.2, 0.25) is 0 Å². The Morgan fingerprint density at radius 2 is 1.85 bits per heavy atom. The lowest BCUT2D eigenvalue weighted by atomic mass is 9.93. The normalized spacial score (nSPS) is 14.8. The highest BCUT2D eigenvalue weighted by Gasteiger charge is 2.36. The van der Waals surface area contributed by atoms with Crippen molar-refractivity contribution in [2.24, 2.45) is 0 Å². The number of aromatic nitrogens is 1. The number of ether oxygens (including phenoxy) is 1. The van der Waals surface area contributed by atoms with Crippen LogP contribution in [0, 0.1) is 0 Å². The number of fused-ring (bicyclic) bond motifs is 1. The molecule has 7 nitrogen and oxygen atoms in total. The van der Waals surface area contributed by atoms with Crippen molar-refractivity contribution >= 4 is 17.5 Å². The van der Waals surface area contributed by atoms with Crippen LogP contribution in [0.1, 0.15) is 27.4 Å². The minimum atomic E-state index is -0.675. The lowest BCUT2D eigenvalue weighted by molar-refractivity contribution is -0.121. The zero-order valence-electron chi connectivity index (χ0n) is 18.4. The Labute approximate surface area is 197 Å². The van der Waals surface area contributed by atoms with Crippen LogP contribution in [-0.4, -0.2) is 27.7 Å². The second-order valence-corrected chi connectivity index (χ2v) is 8.03. The molecule has 2 amide bonds. The van der Waals surface area contributed by atoms with Crippen molar-refractivity contribution in [1.82, 2.24) is 9.88 Å². The fraction of sp³-hybridized carbons (Fsp3) is 0.148. The average Bonchev–Trinajstić information content (AvgIpc) is 3.42. The lowest BCUT2D eigenvalue weighted by Gasteiger charge is -2.35. The molecule has 0 saturated heterocycles. The van der Waals surface area contributed by atoms with E-state index in [2.05, 4.69) is 10.3 Å². The molecule has 0 aliphatic carbocycles. The van der Waals surface area contributed by atoms with E-state index >= 15 is 0 Å². The zero-order chi connectivity index (χ0) is 23.3. The molecule has 1 aliphatic rings. The topological polar surface area (TPSA) is 84.7 Å². The molecule has 2 aromatic heterocycles. The van der Waals surface area contributed by atoms with E-state index in [4.69, 9.17) is 9.15 Å². The number of hydrogen-bond acceptors (Lipinski definition) is 5. The Balaban J connectivity index is 1.33. The summed E-state index contributed by atoms with van der Waals surface area (Å²) in [6.07, 6.45) is 3.59. The second-order valence-electron chi connectivity index (χ2n) is 8.03. The van der Waals surface area contributed by atoms with Crippen LogP contribution in [0.25, 0.3) is 0 Å². The number of nitrogens with one attached hydrogen (secondary N) is 1. The molecule has 0 saturated carbocycles. The van der Waals surface area contributed by atoms with Crippen molar-refractivity contribution in [2.45, 2.75) is 25.6 Å². The number of pyridine rings is 1. The van der Waals surface area contributed by atoms with Gasteiger partial charge >= 0.3 is 0 Å². The summed E-state index contributed by atoms with van der Waals surface area (Å²) in [5, 5.41) is 2.95. The number of nitrogens with zero attached hydrogens (tertiary/aromatic N) is 2. The molecule has 3 heterocycles. The highest BCUT2D eigenvalue weighted by molar-refractivity contribution is 6.00. The van der Waals surface area contributed by atoms with Gasteiger partial charge in [-0.1, -0.05) is 36.4 Å². The maximum Gasteiger partial charge on any atom is 0.290 e. The van der Waals surface area contributed by atoms with Crippen molar-refractivity contribution in [3.05, 3.63) is 114 Å². The van der Waals surface area contributed by atoms with Gasteiger partial charge in [0.2, 0.25) is 5.91 Å². The van der Waals surface area contributed by atoms with E-state index in [0.29, 0.717) is 31.0 Å². The summed E-state index contributed by atoms with van der Waals surface area (Å²) in [4.78, 5) is 32.3. The van der Waals surface area contributed by atoms with Crippen LogP contribution >= 0.6 is 0 Å². The standard InChI is InChI=1S/C27H23N3O4/c31-26(29-21-10-5-11-23(16-21)34-18-22-9-3-4-13-28-22)24-15-19-7-1-2-8-20(19)17-30(24)27(32)25-12-6-14-33-25/h1-14,16,24H,15,17-18H2,(H,29,31). The van der Waals surface area contributed by atoms with Crippen LogP contribution in [0.3, 0.4) is 0 Å². The van der Waals surface area contributed by atoms with E-state index in [1.807, 2.05) is 54.6 Å². The van der Waals surface area contributed by atoms with Gasteiger partial charge in [-0.05, 0) is 47.5 Å². The molecule has 170 valence electrons. The summed E-state index contributed by atoms with van der Waals surface area (Å²) in [6, 6.07) is 23.3. The van der Waals surface area contributed by atoms with Crippen molar-refractivity contribution < 1.29 is 18.7 Å². The summed E-state index contributed by atoms with van der Waals surface area (Å²) in [5.41, 5.74) is 3.48. The van der Waals surface area contributed by atoms with Crippen LogP contribution in [0.4, 0.5) is 5.69 Å². The summed E-state index contributed by atoms with van der Waals surface area (Å²) in [6.45, 7) is 0.657. The molecule has 1 aliphatic heterocycles. The van der Waals surface area contributed by atoms with Gasteiger partial charge in [-0.3, -0.25) is 14.6 Å². The first-order valence-electron chi connectivity index (χ1n) is 11.0. The SMILES string of the molecule is O=C(Nc1cccc(OCc2ccccn2)c1)C1Cc2ccccc2CN1C(=O)c1ccco1. The predicted molar refractivity (Wildman–Crippen MR) is 126 cm³/mol. The van der Waals surface area contributed by atoms with Crippen LogP contribution in [0.5, 0.6) is 5.75 Å². The number of amides is 2. The quantitative estimate of drug-likeness (QED) is 0.466. The van der Waals surface area contributed by atoms with Crippen LogP contribution in [-0.2, 0) is 24.4 Å². The lowest BCUT2D eigenvalue weighted by Crippen LogP contribution is -2.50. The summed E-state index contributed by atoms with van der Waals surface area (Å²) in [7, 11) is 0. The van der Waals surface area contributed by atoms with Crippen molar-refractivity contribution in [1.29, 1.82) is 0 Å². The molecule has 5 rings (SSSR count). The van der Waals surface area contributed by atoms with Gasteiger partial charge in [0, 0.05) is 30.9 Å². The number of carbonyl (C=O) groups is 2. The maximum atomic E-state index is 13.4. The van der Waals surface area contributed by atoms with Gasteiger partial charge < -0.3 is 19.4 Å². The van der Waals surface area contributed by atoms with Crippen molar-refractivity contribution in [3.8, 4) is 5.75 Å². The highest BCUT2D eigenvalue weighted by Crippen LogP contribution is 2.27. The molecule has 0 fully saturated rings. The Morgan fingerprint density at radius 3 is 2.65 bits per heavy atom. The monoisotopic (exact) mass is 453 g/mol. The smallest absolute Gasteiger partial charge is 0.290 e. The van der Waals surface area contributed by atoms with E-state index in [9.17, 15) is 9.59 Å². The molecule has 34 heavy (non-hydrogen) atoms. The highest BCUT2D eigenvalue weighted by atomic mass is 16.5. The molecular weight excluding hydrogens is 430 g/mol. The molecule has 1 atom stereocenters. The minimum absolute atomic E-state index is 0.210. The third-order valence-electron chi connectivity index (χ3n) is 5.76. The summed E-state index contributed by atoms with van der Waals surface area (Å²) >= 11 is 0. The van der Waals surface area contributed by atoms with E-state index in [-0.39, 0.29) is 17.6 Å². The molecule has 4 aromatic rings. The molecular formula is C27H23N3O4. The largest absolute Gasteiger partial charge is 0.487 e. The van der Waals surface area contributed by atoms with Crippen molar-refractivity contribution in [2.75, 3.05) is 5.32 Å². The summed E-state index contributed by atoms with van der Waals surface area (Å²) < 4.78 is 11.1. The molecule has 1 unspecified atom stereocenters. The van der Waals surface area contributed by atoms with Gasteiger partial charge in [-0.2, -0.15) is 0 Å². The molecule has 0 radical (unpaired) electrons. The number of benzene rings is 2. The zero-order valence-corrected chi connectivity index (χ0v) is 18.4. The Bertz CT molecular complexity index is 1290. The number of furan rings is 1. The molecule has 2 aromatic carbocycles. The fourth-order valence-corrected chi connectivity index (χ4v) is 4.04. The first-order chi connectivity index (χ1) is 16.7. The van der Waals surface area contributed by atoms with Gasteiger partial charge in [0.05, 0.1) is 12.0 Å². The first-order valence-corrected chi connectivity index (χ1v) is 11.0. The number of rotatable bonds is 6. The fourth-order valence-electron chi connectivity index (χ4n) is 4.04. The minimum Gasteiger partial charge on any atom is -0.487 e. The Morgan fingerprint density at radius 1 is 1.00 bits per heavy atom. The van der Waals surface area contributed by atoms with E-state index < -0.39 is 6.04 Å². The van der Waals surface area contributed by atoms with Crippen LogP contribution in [0.15, 0.2) is 95.7 Å². The van der Waals surface area contributed by atoms with E-state index in [0.717, 1.165) is 16.8 Å². The first kappa shape index (κ1) is 21.5. The Kier molecular flexibility index (Phi) is 6.07. The number of anilines is 1. The van der Waals surface area contributed by atoms with Gasteiger partial charge in [0.25, 0.3) is 5.91 Å². The molecule has 0 bridgehead atoms. The number of hydrogen-bond donors (Lipinski definition) is 1. The third kappa shape index (κ3) is 4.68. The van der Waals surface area contributed by atoms with Crippen LogP contribution < -0.4 is 10.1 Å². The second kappa shape index (κ2) is 9.62. The predicted octanol–water partition coefficient (Wildman–Crippen LogP) is 4.46. The number of carbonyl (C=O) groups excluding carboxylic acids is 2.